The van der Waals surface area contributed by atoms with Crippen LogP contribution in [0.15, 0.2) is 72.8 Å². The van der Waals surface area contributed by atoms with Gasteiger partial charge in [0.05, 0.1) is 0 Å². The van der Waals surface area contributed by atoms with E-state index < -0.39 is 0 Å². The van der Waals surface area contributed by atoms with Gasteiger partial charge in [0, 0.05) is 0 Å². The van der Waals surface area contributed by atoms with Gasteiger partial charge in [-0.15, -0.1) is 0 Å². The Bertz CT molecular complexity index is 976. The summed E-state index contributed by atoms with van der Waals surface area (Å²) in [5, 5.41) is 0. The van der Waals surface area contributed by atoms with Crippen LogP contribution in [-0.2, 0) is 25.7 Å². The molecule has 1 aliphatic carbocycles. The average molecular weight is 585 g/mol. The maximum Gasteiger partial charge on any atom is -0.0279 e. The Hall–Kier alpha value is -2.34. The summed E-state index contributed by atoms with van der Waals surface area (Å²) in [5.41, 5.74) is 8.56. The molecule has 0 bridgehead atoms. The van der Waals surface area contributed by atoms with E-state index in [1.54, 1.807) is 0 Å². The minimum atomic E-state index is 1.02. The largest absolute Gasteiger partial charge is 0.0654 e. The first-order chi connectivity index (χ1) is 20.8. The smallest absolute Gasteiger partial charge is 0.0279 e. The fraction of sp³-hybridized carbons (Fsp3) is 0.581. The van der Waals surface area contributed by atoms with Crippen LogP contribution in [0.5, 0.6) is 0 Å². The van der Waals surface area contributed by atoms with Crippen LogP contribution in [0.4, 0.5) is 0 Å². The molecule has 0 aromatic heterocycles. The van der Waals surface area contributed by atoms with Crippen LogP contribution in [0.2, 0.25) is 0 Å². The number of aryl methyl sites for hydroxylation is 6. The molecule has 0 unspecified atom stereocenters. The van der Waals surface area contributed by atoms with Crippen molar-refractivity contribution >= 4 is 0 Å². The summed E-state index contributed by atoms with van der Waals surface area (Å²) >= 11 is 0. The van der Waals surface area contributed by atoms with Crippen molar-refractivity contribution in [2.45, 2.75) is 152 Å². The Kier molecular flexibility index (Phi) is 22.5. The Balaban J connectivity index is 0.000000287. The second-order valence-corrected chi connectivity index (χ2v) is 13.1. The summed E-state index contributed by atoms with van der Waals surface area (Å²) < 4.78 is 0. The van der Waals surface area contributed by atoms with Gasteiger partial charge in [0.1, 0.15) is 0 Å². The number of benzene rings is 3. The van der Waals surface area contributed by atoms with Crippen molar-refractivity contribution in [3.63, 3.8) is 0 Å². The van der Waals surface area contributed by atoms with Gasteiger partial charge in [0.15, 0.2) is 0 Å². The highest BCUT2D eigenvalue weighted by Gasteiger charge is 2.16. The van der Waals surface area contributed by atoms with E-state index in [9.17, 15) is 0 Å². The lowest BCUT2D eigenvalue weighted by atomic mass is 9.81. The van der Waals surface area contributed by atoms with Crippen LogP contribution in [0, 0.1) is 25.7 Å². The van der Waals surface area contributed by atoms with Crippen molar-refractivity contribution < 1.29 is 0 Å². The van der Waals surface area contributed by atoms with E-state index >= 15 is 0 Å². The van der Waals surface area contributed by atoms with Crippen molar-refractivity contribution in [1.29, 1.82) is 0 Å². The summed E-state index contributed by atoms with van der Waals surface area (Å²) in [7, 11) is 0. The lowest BCUT2D eigenvalue weighted by molar-refractivity contribution is 0.276. The van der Waals surface area contributed by atoms with Gasteiger partial charge < -0.3 is 0 Å². The van der Waals surface area contributed by atoms with Gasteiger partial charge in [-0.1, -0.05) is 190 Å². The topological polar surface area (TPSA) is 0 Å². The molecule has 0 amide bonds. The molecule has 0 aliphatic heterocycles. The van der Waals surface area contributed by atoms with E-state index in [4.69, 9.17) is 0 Å². The second kappa shape index (κ2) is 25.0. The van der Waals surface area contributed by atoms with Crippen molar-refractivity contribution in [3.05, 3.63) is 106 Å². The molecule has 43 heavy (non-hydrogen) atoms. The third-order valence-electron chi connectivity index (χ3n) is 8.53. The van der Waals surface area contributed by atoms with Crippen molar-refractivity contribution in [2.75, 3.05) is 0 Å². The quantitative estimate of drug-likeness (QED) is 0.210. The highest BCUT2D eigenvalue weighted by atomic mass is 14.2. The first-order valence-electron chi connectivity index (χ1n) is 18.0. The predicted molar refractivity (Wildman–Crippen MR) is 195 cm³/mol. The molecule has 0 heterocycles. The van der Waals surface area contributed by atoms with Crippen molar-refractivity contribution in [1.82, 2.24) is 0 Å². The highest BCUT2D eigenvalue weighted by molar-refractivity contribution is 5.23. The molecular formula is C43H68. The number of rotatable bonds is 11. The Morgan fingerprint density at radius 2 is 0.791 bits per heavy atom. The standard InChI is InChI=1S/C12H18.C11H16.C10H20.C10H14/c1-3-5-11-7-9-12(6-4-2)10-8-11;1-3-4-5-11-8-6-10(2)7-9-11;2*1-3-4-10-7-5-9(2)6-8-10/h7-10H,3-6H2,1-2H3;6-9H,3-5H2,1-2H3;9-10H,3-8H2,1-2H3;5-8H,3-4H2,1-2H3. The van der Waals surface area contributed by atoms with Crippen LogP contribution >= 0.6 is 0 Å². The SMILES string of the molecule is CCCC1CCC(C)CC1.CCCCc1ccc(C)cc1.CCCc1ccc(C)cc1.CCCc1ccc(CCC)cc1. The minimum absolute atomic E-state index is 1.02. The molecular weight excluding hydrogens is 516 g/mol. The third kappa shape index (κ3) is 19.5. The molecule has 0 heteroatoms. The van der Waals surface area contributed by atoms with Gasteiger partial charge in [-0.2, -0.15) is 0 Å². The van der Waals surface area contributed by atoms with E-state index in [-0.39, 0.29) is 0 Å². The molecule has 240 valence electrons. The molecule has 0 nitrogen and oxygen atoms in total. The maximum atomic E-state index is 2.39. The molecule has 0 radical (unpaired) electrons. The fourth-order valence-electron chi connectivity index (χ4n) is 5.66. The Morgan fingerprint density at radius 1 is 0.442 bits per heavy atom. The summed E-state index contributed by atoms with van der Waals surface area (Å²) in [4.78, 5) is 0. The van der Waals surface area contributed by atoms with Gasteiger partial charge in [-0.3, -0.25) is 0 Å². The minimum Gasteiger partial charge on any atom is -0.0654 e. The third-order valence-corrected chi connectivity index (χ3v) is 8.53. The zero-order chi connectivity index (χ0) is 31.7. The number of hydrogen-bond donors (Lipinski definition) is 0. The molecule has 0 atom stereocenters. The van der Waals surface area contributed by atoms with Gasteiger partial charge in [-0.05, 0) is 80.0 Å². The van der Waals surface area contributed by atoms with E-state index in [1.165, 1.54) is 130 Å². The highest BCUT2D eigenvalue weighted by Crippen LogP contribution is 2.30. The van der Waals surface area contributed by atoms with Gasteiger partial charge in [0.2, 0.25) is 0 Å². The molecule has 1 fully saturated rings. The number of unbranched alkanes of at least 4 members (excludes halogenated alkanes) is 1. The lowest BCUT2D eigenvalue weighted by Crippen LogP contribution is -2.11. The summed E-state index contributed by atoms with van der Waals surface area (Å²) in [6, 6.07) is 26.6. The summed E-state index contributed by atoms with van der Waals surface area (Å²) in [6.07, 6.45) is 20.1. The van der Waals surface area contributed by atoms with E-state index in [0.717, 1.165) is 11.8 Å². The molecule has 0 N–H and O–H groups in total. The average Bonchev–Trinajstić information content (AvgIpc) is 3.02. The molecule has 3 aromatic carbocycles. The second-order valence-electron chi connectivity index (χ2n) is 13.1. The zero-order valence-corrected chi connectivity index (χ0v) is 29.7. The van der Waals surface area contributed by atoms with E-state index in [2.05, 4.69) is 128 Å². The Labute approximate surface area is 269 Å². The first kappa shape index (κ1) is 38.7. The van der Waals surface area contributed by atoms with Gasteiger partial charge in [-0.25, -0.2) is 0 Å². The van der Waals surface area contributed by atoms with Crippen LogP contribution < -0.4 is 0 Å². The summed E-state index contributed by atoms with van der Waals surface area (Å²) in [6.45, 7) is 17.8. The van der Waals surface area contributed by atoms with E-state index in [0.29, 0.717) is 0 Å². The summed E-state index contributed by atoms with van der Waals surface area (Å²) in [5.74, 6) is 2.11. The molecule has 4 rings (SSSR count). The maximum absolute atomic E-state index is 2.39. The normalized spacial score (nSPS) is 15.6. The van der Waals surface area contributed by atoms with Gasteiger partial charge >= 0.3 is 0 Å². The van der Waals surface area contributed by atoms with Crippen LogP contribution in [-0.4, -0.2) is 0 Å². The van der Waals surface area contributed by atoms with Crippen LogP contribution in [0.25, 0.3) is 0 Å². The van der Waals surface area contributed by atoms with Crippen LogP contribution in [0.1, 0.15) is 146 Å². The molecule has 0 saturated heterocycles. The zero-order valence-electron chi connectivity index (χ0n) is 29.7. The first-order valence-corrected chi connectivity index (χ1v) is 18.0. The van der Waals surface area contributed by atoms with Crippen LogP contribution in [0.3, 0.4) is 0 Å². The number of hydrogen-bond acceptors (Lipinski definition) is 0. The molecule has 3 aromatic rings. The molecule has 1 aliphatic rings. The molecule has 0 spiro atoms. The Morgan fingerprint density at radius 3 is 1.12 bits per heavy atom. The van der Waals surface area contributed by atoms with Gasteiger partial charge in [0.25, 0.3) is 0 Å². The van der Waals surface area contributed by atoms with Crippen molar-refractivity contribution in [2.24, 2.45) is 11.8 Å². The predicted octanol–water partition coefficient (Wildman–Crippen LogP) is 13.5. The lowest BCUT2D eigenvalue weighted by Gasteiger charge is -2.25. The monoisotopic (exact) mass is 585 g/mol. The van der Waals surface area contributed by atoms with Crippen molar-refractivity contribution in [3.8, 4) is 0 Å². The fourth-order valence-corrected chi connectivity index (χ4v) is 5.66. The molecule has 1 saturated carbocycles. The van der Waals surface area contributed by atoms with E-state index in [1.807, 2.05) is 0 Å².